The largest absolute Gasteiger partial charge is 0.325 e. The van der Waals surface area contributed by atoms with Crippen LogP contribution in [0.25, 0.3) is 0 Å². The van der Waals surface area contributed by atoms with E-state index in [1.807, 2.05) is 24.3 Å². The van der Waals surface area contributed by atoms with Gasteiger partial charge in [-0.1, -0.05) is 28.9 Å². The normalized spacial score (nSPS) is 18.4. The molecule has 1 atom stereocenters. The van der Waals surface area contributed by atoms with E-state index in [4.69, 9.17) is 0 Å². The zero-order valence-electron chi connectivity index (χ0n) is 11.9. The molecule has 1 amide bonds. The molecule has 0 bridgehead atoms. The van der Waals surface area contributed by atoms with Crippen molar-refractivity contribution in [2.45, 2.75) is 25.8 Å². The van der Waals surface area contributed by atoms with E-state index in [2.05, 4.69) is 38.4 Å². The molecule has 0 radical (unpaired) electrons. The Hall–Kier alpha value is -0.910. The number of rotatable bonds is 6. The quantitative estimate of drug-likeness (QED) is 0.836. The summed E-state index contributed by atoms with van der Waals surface area (Å²) >= 11 is 3.40. The number of benzene rings is 1. The Bertz CT molecular complexity index is 446. The van der Waals surface area contributed by atoms with Crippen molar-refractivity contribution in [3.05, 3.63) is 28.7 Å². The van der Waals surface area contributed by atoms with Gasteiger partial charge in [-0.05, 0) is 44.1 Å². The van der Waals surface area contributed by atoms with Crippen LogP contribution in [0.4, 0.5) is 5.69 Å². The standard InChI is InChI=1S/C15H22BrN3O/c1-2-19(10-14-7-4-8-17-14)11-15(20)18-13-6-3-5-12(16)9-13/h3,5-6,9,14,17H,2,4,7-8,10-11H2,1H3,(H,18,20). The molecule has 2 rings (SSSR count). The first kappa shape index (κ1) is 15.5. The van der Waals surface area contributed by atoms with Crippen LogP contribution in [0.2, 0.25) is 0 Å². The predicted molar refractivity (Wildman–Crippen MR) is 85.9 cm³/mol. The minimum Gasteiger partial charge on any atom is -0.325 e. The SMILES string of the molecule is CCN(CC(=O)Nc1cccc(Br)c1)CC1CCCN1. The van der Waals surface area contributed by atoms with Crippen molar-refractivity contribution in [1.29, 1.82) is 0 Å². The van der Waals surface area contributed by atoms with Crippen LogP contribution >= 0.6 is 15.9 Å². The summed E-state index contributed by atoms with van der Waals surface area (Å²) < 4.78 is 0.970. The summed E-state index contributed by atoms with van der Waals surface area (Å²) in [5.41, 5.74) is 0.833. The molecular formula is C15H22BrN3O. The van der Waals surface area contributed by atoms with Crippen molar-refractivity contribution in [2.75, 3.05) is 31.5 Å². The molecule has 0 saturated carbocycles. The first-order chi connectivity index (χ1) is 9.67. The van der Waals surface area contributed by atoms with Crippen molar-refractivity contribution in [3.8, 4) is 0 Å². The summed E-state index contributed by atoms with van der Waals surface area (Å²) in [6.07, 6.45) is 2.45. The van der Waals surface area contributed by atoms with Gasteiger partial charge in [0, 0.05) is 22.7 Å². The highest BCUT2D eigenvalue weighted by molar-refractivity contribution is 9.10. The third-order valence-electron chi connectivity index (χ3n) is 3.56. The minimum absolute atomic E-state index is 0.0444. The van der Waals surface area contributed by atoms with E-state index < -0.39 is 0 Å². The van der Waals surface area contributed by atoms with E-state index in [0.29, 0.717) is 12.6 Å². The van der Waals surface area contributed by atoms with Gasteiger partial charge in [-0.25, -0.2) is 0 Å². The molecule has 1 saturated heterocycles. The van der Waals surface area contributed by atoms with Crippen LogP contribution in [0.3, 0.4) is 0 Å². The van der Waals surface area contributed by atoms with E-state index in [1.165, 1.54) is 12.8 Å². The molecule has 1 aliphatic rings. The third kappa shape index (κ3) is 4.89. The number of carbonyl (C=O) groups is 1. The van der Waals surface area contributed by atoms with Gasteiger partial charge in [0.05, 0.1) is 6.54 Å². The van der Waals surface area contributed by atoms with Crippen LogP contribution in [0.1, 0.15) is 19.8 Å². The second-order valence-electron chi connectivity index (χ2n) is 5.18. The second kappa shape index (κ2) is 7.76. The average molecular weight is 340 g/mol. The van der Waals surface area contributed by atoms with E-state index in [0.717, 1.165) is 29.8 Å². The Morgan fingerprint density at radius 2 is 2.40 bits per heavy atom. The summed E-state index contributed by atoms with van der Waals surface area (Å²) in [5, 5.41) is 6.41. The molecule has 4 nitrogen and oxygen atoms in total. The topological polar surface area (TPSA) is 44.4 Å². The molecule has 1 fully saturated rings. The van der Waals surface area contributed by atoms with Crippen LogP contribution in [-0.2, 0) is 4.79 Å². The highest BCUT2D eigenvalue weighted by atomic mass is 79.9. The number of hydrogen-bond donors (Lipinski definition) is 2. The summed E-state index contributed by atoms with van der Waals surface area (Å²) in [4.78, 5) is 14.3. The molecule has 1 aromatic carbocycles. The van der Waals surface area contributed by atoms with Crippen LogP contribution in [0.15, 0.2) is 28.7 Å². The number of hydrogen-bond acceptors (Lipinski definition) is 3. The van der Waals surface area contributed by atoms with E-state index >= 15 is 0 Å². The number of anilines is 1. The van der Waals surface area contributed by atoms with Gasteiger partial charge in [-0.15, -0.1) is 0 Å². The summed E-state index contributed by atoms with van der Waals surface area (Å²) in [7, 11) is 0. The molecule has 0 spiro atoms. The molecule has 110 valence electrons. The number of nitrogens with zero attached hydrogens (tertiary/aromatic N) is 1. The summed E-state index contributed by atoms with van der Waals surface area (Å²) in [6.45, 7) is 5.49. The molecular weight excluding hydrogens is 318 g/mol. The number of amides is 1. The molecule has 5 heteroatoms. The second-order valence-corrected chi connectivity index (χ2v) is 6.10. The first-order valence-electron chi connectivity index (χ1n) is 7.18. The number of likely N-dealkylation sites (N-methyl/N-ethyl adjacent to an activating group) is 1. The zero-order chi connectivity index (χ0) is 14.4. The van der Waals surface area contributed by atoms with Crippen molar-refractivity contribution in [2.24, 2.45) is 0 Å². The summed E-state index contributed by atoms with van der Waals surface area (Å²) in [6, 6.07) is 8.21. The van der Waals surface area contributed by atoms with Gasteiger partial charge in [-0.2, -0.15) is 0 Å². The summed E-state index contributed by atoms with van der Waals surface area (Å²) in [5.74, 6) is 0.0444. The Morgan fingerprint density at radius 1 is 1.55 bits per heavy atom. The van der Waals surface area contributed by atoms with Crippen LogP contribution in [0.5, 0.6) is 0 Å². The fourth-order valence-electron chi connectivity index (χ4n) is 2.50. The molecule has 20 heavy (non-hydrogen) atoms. The number of nitrogens with one attached hydrogen (secondary N) is 2. The predicted octanol–water partition coefficient (Wildman–Crippen LogP) is 2.46. The average Bonchev–Trinajstić information content (AvgIpc) is 2.90. The van der Waals surface area contributed by atoms with Gasteiger partial charge in [0.25, 0.3) is 0 Å². The lowest BCUT2D eigenvalue weighted by atomic mass is 10.2. The lowest BCUT2D eigenvalue weighted by Crippen LogP contribution is -2.41. The Balaban J connectivity index is 1.82. The maximum absolute atomic E-state index is 12.1. The highest BCUT2D eigenvalue weighted by Crippen LogP contribution is 2.15. The third-order valence-corrected chi connectivity index (χ3v) is 4.06. The maximum atomic E-state index is 12.1. The molecule has 2 N–H and O–H groups in total. The molecule has 1 unspecified atom stereocenters. The monoisotopic (exact) mass is 339 g/mol. The van der Waals surface area contributed by atoms with Crippen molar-refractivity contribution >= 4 is 27.5 Å². The van der Waals surface area contributed by atoms with E-state index in [9.17, 15) is 4.79 Å². The van der Waals surface area contributed by atoms with Gasteiger partial charge in [-0.3, -0.25) is 9.69 Å². The molecule has 0 aromatic heterocycles. The minimum atomic E-state index is 0.0444. The lowest BCUT2D eigenvalue weighted by Gasteiger charge is -2.23. The van der Waals surface area contributed by atoms with E-state index in [1.54, 1.807) is 0 Å². The molecule has 1 aliphatic heterocycles. The number of carbonyl (C=O) groups excluding carboxylic acids is 1. The smallest absolute Gasteiger partial charge is 0.238 e. The number of halogens is 1. The molecule has 1 aromatic rings. The highest BCUT2D eigenvalue weighted by Gasteiger charge is 2.18. The zero-order valence-corrected chi connectivity index (χ0v) is 13.4. The Morgan fingerprint density at radius 3 is 3.05 bits per heavy atom. The van der Waals surface area contributed by atoms with Crippen LogP contribution in [-0.4, -0.2) is 43.0 Å². The van der Waals surface area contributed by atoms with Crippen molar-refractivity contribution < 1.29 is 4.79 Å². The molecule has 1 heterocycles. The van der Waals surface area contributed by atoms with Gasteiger partial charge < -0.3 is 10.6 Å². The maximum Gasteiger partial charge on any atom is 0.238 e. The van der Waals surface area contributed by atoms with Gasteiger partial charge in [0.15, 0.2) is 0 Å². The molecule has 0 aliphatic carbocycles. The van der Waals surface area contributed by atoms with E-state index in [-0.39, 0.29) is 5.91 Å². The van der Waals surface area contributed by atoms with Crippen molar-refractivity contribution in [3.63, 3.8) is 0 Å². The first-order valence-corrected chi connectivity index (χ1v) is 7.98. The fourth-order valence-corrected chi connectivity index (χ4v) is 2.90. The van der Waals surface area contributed by atoms with Crippen LogP contribution < -0.4 is 10.6 Å². The van der Waals surface area contributed by atoms with Gasteiger partial charge in [0.1, 0.15) is 0 Å². The lowest BCUT2D eigenvalue weighted by molar-refractivity contribution is -0.117. The van der Waals surface area contributed by atoms with Gasteiger partial charge >= 0.3 is 0 Å². The fraction of sp³-hybridized carbons (Fsp3) is 0.533. The Labute approximate surface area is 129 Å². The van der Waals surface area contributed by atoms with Crippen LogP contribution in [0, 0.1) is 0 Å². The Kier molecular flexibility index (Phi) is 6.01. The van der Waals surface area contributed by atoms with Gasteiger partial charge in [0.2, 0.25) is 5.91 Å². The van der Waals surface area contributed by atoms with Crippen molar-refractivity contribution in [1.82, 2.24) is 10.2 Å².